The maximum Gasteiger partial charge on any atom is 0.354 e. The molecule has 3 rings (SSSR count). The molecule has 106 valence electrons. The summed E-state index contributed by atoms with van der Waals surface area (Å²) in [6.45, 7) is 0.0468. The van der Waals surface area contributed by atoms with Crippen molar-refractivity contribution >= 4 is 28.7 Å². The van der Waals surface area contributed by atoms with E-state index in [-0.39, 0.29) is 17.0 Å². The molecule has 1 saturated carbocycles. The number of alkyl halides is 2. The Labute approximate surface area is 119 Å². The number of hydrogen-bond acceptors (Lipinski definition) is 3. The third-order valence-corrected chi connectivity index (χ3v) is 3.98. The maximum atomic E-state index is 13.1. The normalized spacial score (nSPS) is 16.5. The highest BCUT2D eigenvalue weighted by Crippen LogP contribution is 2.48. The van der Waals surface area contributed by atoms with Crippen molar-refractivity contribution in [3.05, 3.63) is 23.7 Å². The fourth-order valence-electron chi connectivity index (χ4n) is 2.28. The molecule has 1 fully saturated rings. The quantitative estimate of drug-likeness (QED) is 0.861. The standard InChI is InChI=1S/C13H13ClFN3O2/c14-5-10-16-8-1-2-9(12(19)20)17-11(8)18(10)7-13(6-15)3-4-13/h1-2H,3-7H2,(H,19,20). The number of rotatable bonds is 5. The van der Waals surface area contributed by atoms with Crippen LogP contribution in [0.3, 0.4) is 0 Å². The average molecular weight is 298 g/mol. The van der Waals surface area contributed by atoms with Gasteiger partial charge >= 0.3 is 5.97 Å². The van der Waals surface area contributed by atoms with E-state index < -0.39 is 12.6 Å². The molecule has 2 heterocycles. The summed E-state index contributed by atoms with van der Waals surface area (Å²) >= 11 is 5.88. The highest BCUT2D eigenvalue weighted by molar-refractivity contribution is 6.16. The molecular weight excluding hydrogens is 285 g/mol. The van der Waals surface area contributed by atoms with Gasteiger partial charge in [-0.3, -0.25) is 4.39 Å². The lowest BCUT2D eigenvalue weighted by Gasteiger charge is -2.13. The molecule has 1 aliphatic carbocycles. The highest BCUT2D eigenvalue weighted by atomic mass is 35.5. The number of halogens is 2. The first-order chi connectivity index (χ1) is 9.58. The topological polar surface area (TPSA) is 68.0 Å². The van der Waals surface area contributed by atoms with Crippen LogP contribution in [0.25, 0.3) is 11.2 Å². The van der Waals surface area contributed by atoms with Gasteiger partial charge in [-0.15, -0.1) is 11.6 Å². The zero-order chi connectivity index (χ0) is 14.3. The van der Waals surface area contributed by atoms with Crippen LogP contribution in [-0.2, 0) is 12.4 Å². The summed E-state index contributed by atoms with van der Waals surface area (Å²) in [5.41, 5.74) is 0.639. The fraction of sp³-hybridized carbons (Fsp3) is 0.462. The molecule has 0 aromatic carbocycles. The summed E-state index contributed by atoms with van der Waals surface area (Å²) in [7, 11) is 0. The van der Waals surface area contributed by atoms with Crippen LogP contribution >= 0.6 is 11.6 Å². The lowest BCUT2D eigenvalue weighted by Crippen LogP contribution is -2.16. The van der Waals surface area contributed by atoms with Crippen LogP contribution in [0.15, 0.2) is 12.1 Å². The molecule has 1 aliphatic rings. The van der Waals surface area contributed by atoms with Crippen LogP contribution in [0, 0.1) is 5.41 Å². The van der Waals surface area contributed by atoms with E-state index >= 15 is 0 Å². The zero-order valence-corrected chi connectivity index (χ0v) is 11.4. The van der Waals surface area contributed by atoms with Crippen LogP contribution < -0.4 is 0 Å². The van der Waals surface area contributed by atoms with E-state index in [0.717, 1.165) is 12.8 Å². The first-order valence-corrected chi connectivity index (χ1v) is 6.83. The van der Waals surface area contributed by atoms with Gasteiger partial charge in [0.1, 0.15) is 11.3 Å². The van der Waals surface area contributed by atoms with E-state index in [2.05, 4.69) is 9.97 Å². The highest BCUT2D eigenvalue weighted by Gasteiger charge is 2.43. The van der Waals surface area contributed by atoms with Crippen LogP contribution in [0.5, 0.6) is 0 Å². The number of carboxylic acids is 1. The van der Waals surface area contributed by atoms with E-state index in [1.807, 2.05) is 0 Å². The Hall–Kier alpha value is -1.69. The minimum Gasteiger partial charge on any atom is -0.477 e. The molecule has 7 heteroatoms. The molecule has 2 aromatic rings. The number of imidazole rings is 1. The number of nitrogens with zero attached hydrogens (tertiary/aromatic N) is 3. The van der Waals surface area contributed by atoms with E-state index in [4.69, 9.17) is 16.7 Å². The molecule has 0 amide bonds. The number of carboxylic acid groups (broad SMARTS) is 1. The molecule has 0 radical (unpaired) electrons. The molecule has 0 aliphatic heterocycles. The summed E-state index contributed by atoms with van der Waals surface area (Å²) in [4.78, 5) is 19.4. The van der Waals surface area contributed by atoms with Gasteiger partial charge in [-0.1, -0.05) is 0 Å². The smallest absolute Gasteiger partial charge is 0.354 e. The summed E-state index contributed by atoms with van der Waals surface area (Å²) in [6.07, 6.45) is 1.65. The van der Waals surface area contributed by atoms with E-state index in [1.54, 1.807) is 10.6 Å². The maximum absolute atomic E-state index is 13.1. The monoisotopic (exact) mass is 297 g/mol. The van der Waals surface area contributed by atoms with Crippen molar-refractivity contribution < 1.29 is 14.3 Å². The molecule has 2 aromatic heterocycles. The average Bonchev–Trinajstić information content (AvgIpc) is 3.14. The van der Waals surface area contributed by atoms with Gasteiger partial charge in [-0.05, 0) is 25.0 Å². The van der Waals surface area contributed by atoms with Crippen molar-refractivity contribution in [3.63, 3.8) is 0 Å². The molecule has 0 bridgehead atoms. The van der Waals surface area contributed by atoms with E-state index in [9.17, 15) is 9.18 Å². The largest absolute Gasteiger partial charge is 0.477 e. The first-order valence-electron chi connectivity index (χ1n) is 6.30. The van der Waals surface area contributed by atoms with Gasteiger partial charge in [0, 0.05) is 12.0 Å². The Morgan fingerprint density at radius 2 is 2.20 bits per heavy atom. The molecule has 5 nitrogen and oxygen atoms in total. The van der Waals surface area contributed by atoms with E-state index in [0.29, 0.717) is 23.5 Å². The third-order valence-electron chi connectivity index (χ3n) is 3.74. The van der Waals surface area contributed by atoms with Gasteiger partial charge in [0.05, 0.1) is 12.6 Å². The molecule has 0 spiro atoms. The van der Waals surface area contributed by atoms with Gasteiger partial charge in [0.2, 0.25) is 0 Å². The minimum absolute atomic E-state index is 0.0510. The Morgan fingerprint density at radius 1 is 1.45 bits per heavy atom. The SMILES string of the molecule is O=C(O)c1ccc2nc(CCl)n(CC3(CF)CC3)c2n1. The predicted molar refractivity (Wildman–Crippen MR) is 71.7 cm³/mol. The van der Waals surface area contributed by atoms with Crippen LogP contribution in [0.2, 0.25) is 0 Å². The van der Waals surface area contributed by atoms with Gasteiger partial charge in [-0.2, -0.15) is 0 Å². The van der Waals surface area contributed by atoms with Crippen LogP contribution in [0.4, 0.5) is 4.39 Å². The van der Waals surface area contributed by atoms with Crippen LogP contribution in [-0.4, -0.2) is 32.3 Å². The lowest BCUT2D eigenvalue weighted by atomic mass is 10.1. The van der Waals surface area contributed by atoms with Crippen molar-refractivity contribution in [2.45, 2.75) is 25.3 Å². The van der Waals surface area contributed by atoms with Crippen molar-refractivity contribution in [3.8, 4) is 0 Å². The first kappa shape index (κ1) is 13.3. The van der Waals surface area contributed by atoms with Crippen molar-refractivity contribution in [1.29, 1.82) is 0 Å². The number of hydrogen-bond donors (Lipinski definition) is 1. The van der Waals surface area contributed by atoms with E-state index in [1.165, 1.54) is 6.07 Å². The molecule has 0 atom stereocenters. The number of pyridine rings is 1. The molecule has 1 N–H and O–H groups in total. The number of fused-ring (bicyclic) bond motifs is 1. The fourth-order valence-corrected chi connectivity index (χ4v) is 2.49. The Bertz CT molecular complexity index is 682. The van der Waals surface area contributed by atoms with Gasteiger partial charge in [-0.25, -0.2) is 14.8 Å². The summed E-state index contributed by atoms with van der Waals surface area (Å²) in [6, 6.07) is 3.01. The summed E-state index contributed by atoms with van der Waals surface area (Å²) in [5.74, 6) is -0.323. The molecule has 0 saturated heterocycles. The van der Waals surface area contributed by atoms with Gasteiger partial charge in [0.25, 0.3) is 0 Å². The number of aromatic nitrogens is 3. The summed E-state index contributed by atoms with van der Waals surface area (Å²) < 4.78 is 14.8. The molecular formula is C13H13ClFN3O2. The summed E-state index contributed by atoms with van der Waals surface area (Å²) in [5, 5.41) is 9.01. The molecule has 0 unspecified atom stereocenters. The number of carbonyl (C=O) groups is 1. The second kappa shape index (κ2) is 4.70. The second-order valence-corrected chi connectivity index (χ2v) is 5.49. The Kier molecular flexibility index (Phi) is 3.12. The minimum atomic E-state index is -1.10. The second-order valence-electron chi connectivity index (χ2n) is 5.23. The van der Waals surface area contributed by atoms with Gasteiger partial charge < -0.3 is 9.67 Å². The van der Waals surface area contributed by atoms with Crippen LogP contribution in [0.1, 0.15) is 29.2 Å². The predicted octanol–water partition coefficient (Wildman–Crippen LogP) is 2.62. The Balaban J connectivity index is 2.11. The third kappa shape index (κ3) is 2.14. The van der Waals surface area contributed by atoms with Gasteiger partial charge in [0.15, 0.2) is 11.3 Å². The Morgan fingerprint density at radius 3 is 2.75 bits per heavy atom. The van der Waals surface area contributed by atoms with Crippen molar-refractivity contribution in [2.24, 2.45) is 5.41 Å². The number of aromatic carboxylic acids is 1. The lowest BCUT2D eigenvalue weighted by molar-refractivity contribution is 0.0691. The van der Waals surface area contributed by atoms with Crippen molar-refractivity contribution in [2.75, 3.05) is 6.67 Å². The zero-order valence-electron chi connectivity index (χ0n) is 10.6. The van der Waals surface area contributed by atoms with Crippen molar-refractivity contribution in [1.82, 2.24) is 14.5 Å². The molecule has 20 heavy (non-hydrogen) atoms.